The van der Waals surface area contributed by atoms with E-state index in [1.54, 1.807) is 6.07 Å². The highest BCUT2D eigenvalue weighted by atomic mass is 19.3. The number of rotatable bonds is 4. The van der Waals surface area contributed by atoms with Gasteiger partial charge in [0.1, 0.15) is 5.69 Å². The molecular formula is C19H21F3N6O2. The predicted molar refractivity (Wildman–Crippen MR) is 103 cm³/mol. The van der Waals surface area contributed by atoms with Crippen molar-refractivity contribution in [3.05, 3.63) is 23.9 Å². The molecule has 0 atom stereocenters. The highest BCUT2D eigenvalue weighted by Gasteiger charge is 2.54. The van der Waals surface area contributed by atoms with Crippen LogP contribution in [0.4, 0.5) is 18.9 Å². The SMILES string of the molecule is COc1ncc(-c2cc(N3CC(C)(C)C(F)(F)C3)c3nc(C)c(F)n3n2)c(OC)n1. The van der Waals surface area contributed by atoms with Crippen LogP contribution < -0.4 is 14.4 Å². The van der Waals surface area contributed by atoms with Crippen LogP contribution >= 0.6 is 0 Å². The number of methoxy groups -OCH3 is 2. The zero-order chi connectivity index (χ0) is 21.8. The van der Waals surface area contributed by atoms with E-state index < -0.39 is 23.8 Å². The molecule has 0 saturated carbocycles. The van der Waals surface area contributed by atoms with Gasteiger partial charge in [0, 0.05) is 18.2 Å². The van der Waals surface area contributed by atoms with Gasteiger partial charge in [-0.2, -0.15) is 19.0 Å². The van der Waals surface area contributed by atoms with Gasteiger partial charge in [-0.25, -0.2) is 18.7 Å². The fourth-order valence-corrected chi connectivity index (χ4v) is 3.50. The van der Waals surface area contributed by atoms with Crippen molar-refractivity contribution in [1.29, 1.82) is 0 Å². The van der Waals surface area contributed by atoms with E-state index >= 15 is 0 Å². The maximum Gasteiger partial charge on any atom is 0.319 e. The summed E-state index contributed by atoms with van der Waals surface area (Å²) in [5.74, 6) is -3.44. The molecule has 30 heavy (non-hydrogen) atoms. The molecule has 0 N–H and O–H groups in total. The predicted octanol–water partition coefficient (Wildman–Crippen LogP) is 3.13. The molecule has 1 aliphatic heterocycles. The first kappa shape index (κ1) is 20.2. The molecule has 4 rings (SSSR count). The van der Waals surface area contributed by atoms with Gasteiger partial charge in [-0.3, -0.25) is 0 Å². The number of aryl methyl sites for hydroxylation is 1. The molecule has 1 fully saturated rings. The Hall–Kier alpha value is -3.11. The summed E-state index contributed by atoms with van der Waals surface area (Å²) in [4.78, 5) is 13.9. The van der Waals surface area contributed by atoms with Crippen LogP contribution in [-0.4, -0.2) is 57.8 Å². The van der Waals surface area contributed by atoms with Gasteiger partial charge >= 0.3 is 6.01 Å². The van der Waals surface area contributed by atoms with Crippen molar-refractivity contribution < 1.29 is 22.6 Å². The van der Waals surface area contributed by atoms with Crippen molar-refractivity contribution in [1.82, 2.24) is 24.6 Å². The fraction of sp³-hybridized carbons (Fsp3) is 0.474. The lowest BCUT2D eigenvalue weighted by atomic mass is 9.89. The maximum atomic E-state index is 14.7. The molecule has 3 aromatic rings. The topological polar surface area (TPSA) is 77.7 Å². The van der Waals surface area contributed by atoms with Gasteiger partial charge in [-0.05, 0) is 13.0 Å². The van der Waals surface area contributed by atoms with E-state index in [-0.39, 0.29) is 35.5 Å². The number of nitrogens with zero attached hydrogens (tertiary/aromatic N) is 6. The normalized spacial score (nSPS) is 17.5. The van der Waals surface area contributed by atoms with Crippen LogP contribution in [-0.2, 0) is 0 Å². The van der Waals surface area contributed by atoms with Crippen LogP contribution in [0.1, 0.15) is 19.5 Å². The summed E-state index contributed by atoms with van der Waals surface area (Å²) >= 11 is 0. The van der Waals surface area contributed by atoms with E-state index in [9.17, 15) is 13.2 Å². The molecule has 1 aliphatic rings. The summed E-state index contributed by atoms with van der Waals surface area (Å²) in [6, 6.07) is 1.66. The molecule has 0 aliphatic carbocycles. The van der Waals surface area contributed by atoms with E-state index in [1.807, 2.05) is 0 Å². The minimum absolute atomic E-state index is 0.0723. The molecule has 0 amide bonds. The Morgan fingerprint density at radius 1 is 1.10 bits per heavy atom. The minimum atomic E-state index is -2.92. The molecule has 0 bridgehead atoms. The molecule has 4 heterocycles. The molecule has 160 valence electrons. The third kappa shape index (κ3) is 2.99. The summed E-state index contributed by atoms with van der Waals surface area (Å²) < 4.78 is 55.1. The number of hydrogen-bond donors (Lipinski definition) is 0. The lowest BCUT2D eigenvalue weighted by Gasteiger charge is -2.24. The van der Waals surface area contributed by atoms with Crippen molar-refractivity contribution in [2.24, 2.45) is 5.41 Å². The third-order valence-corrected chi connectivity index (χ3v) is 5.36. The number of fused-ring (bicyclic) bond motifs is 1. The maximum absolute atomic E-state index is 14.7. The highest BCUT2D eigenvalue weighted by molar-refractivity contribution is 5.77. The lowest BCUT2D eigenvalue weighted by Crippen LogP contribution is -2.34. The molecule has 0 aromatic carbocycles. The lowest BCUT2D eigenvalue weighted by molar-refractivity contribution is -0.0642. The molecule has 1 saturated heterocycles. The number of alkyl halides is 2. The van der Waals surface area contributed by atoms with Crippen LogP contribution in [0.5, 0.6) is 11.9 Å². The number of hydrogen-bond acceptors (Lipinski definition) is 7. The Bertz CT molecular complexity index is 1120. The molecule has 0 unspecified atom stereocenters. The van der Waals surface area contributed by atoms with Gasteiger partial charge in [0.25, 0.3) is 5.92 Å². The van der Waals surface area contributed by atoms with E-state index in [0.717, 1.165) is 4.52 Å². The first-order chi connectivity index (χ1) is 14.1. The van der Waals surface area contributed by atoms with Crippen molar-refractivity contribution >= 4 is 11.3 Å². The molecule has 8 nitrogen and oxygen atoms in total. The minimum Gasteiger partial charge on any atom is -0.480 e. The number of anilines is 1. The van der Waals surface area contributed by atoms with Gasteiger partial charge in [0.05, 0.1) is 37.7 Å². The van der Waals surface area contributed by atoms with E-state index in [0.29, 0.717) is 11.3 Å². The Balaban J connectivity index is 1.93. The van der Waals surface area contributed by atoms with Gasteiger partial charge < -0.3 is 14.4 Å². The van der Waals surface area contributed by atoms with Crippen molar-refractivity contribution in [3.63, 3.8) is 0 Å². The molecule has 3 aromatic heterocycles. The number of aromatic nitrogens is 5. The Morgan fingerprint density at radius 2 is 1.83 bits per heavy atom. The molecule has 0 radical (unpaired) electrons. The highest BCUT2D eigenvalue weighted by Crippen LogP contribution is 2.45. The van der Waals surface area contributed by atoms with Crippen LogP contribution in [0.3, 0.4) is 0 Å². The number of halogens is 3. The zero-order valence-electron chi connectivity index (χ0n) is 17.2. The number of ether oxygens (including phenoxy) is 2. The summed E-state index contributed by atoms with van der Waals surface area (Å²) in [6.07, 6.45) is 1.42. The van der Waals surface area contributed by atoms with Crippen molar-refractivity contribution in [2.75, 3.05) is 32.2 Å². The quantitative estimate of drug-likeness (QED) is 0.639. The summed E-state index contributed by atoms with van der Waals surface area (Å²) in [7, 11) is 2.83. The second-order valence-electron chi connectivity index (χ2n) is 7.86. The zero-order valence-corrected chi connectivity index (χ0v) is 17.2. The number of imidazole rings is 1. The van der Waals surface area contributed by atoms with Crippen LogP contribution in [0.25, 0.3) is 16.9 Å². The molecule has 11 heteroatoms. The average molecular weight is 422 g/mol. The Labute approximate surface area is 170 Å². The summed E-state index contributed by atoms with van der Waals surface area (Å²) in [5, 5.41) is 4.30. The first-order valence-electron chi connectivity index (χ1n) is 9.22. The molecular weight excluding hydrogens is 401 g/mol. The monoisotopic (exact) mass is 422 g/mol. The Kier molecular flexibility index (Phi) is 4.51. The fourth-order valence-electron chi connectivity index (χ4n) is 3.50. The third-order valence-electron chi connectivity index (χ3n) is 5.36. The van der Waals surface area contributed by atoms with E-state index in [1.165, 1.54) is 46.1 Å². The van der Waals surface area contributed by atoms with Gasteiger partial charge in [0.15, 0.2) is 5.65 Å². The first-order valence-corrected chi connectivity index (χ1v) is 9.22. The largest absolute Gasteiger partial charge is 0.480 e. The van der Waals surface area contributed by atoms with Gasteiger partial charge in [-0.1, -0.05) is 13.8 Å². The van der Waals surface area contributed by atoms with E-state index in [4.69, 9.17) is 9.47 Å². The second kappa shape index (κ2) is 6.71. The summed E-state index contributed by atoms with van der Waals surface area (Å²) in [6.45, 7) is 4.06. The van der Waals surface area contributed by atoms with Gasteiger partial charge in [-0.15, -0.1) is 0 Å². The van der Waals surface area contributed by atoms with Crippen LogP contribution in [0.15, 0.2) is 12.3 Å². The van der Waals surface area contributed by atoms with Crippen molar-refractivity contribution in [3.8, 4) is 23.1 Å². The van der Waals surface area contributed by atoms with Crippen LogP contribution in [0, 0.1) is 18.3 Å². The van der Waals surface area contributed by atoms with Crippen molar-refractivity contribution in [2.45, 2.75) is 26.7 Å². The second-order valence-corrected chi connectivity index (χ2v) is 7.86. The van der Waals surface area contributed by atoms with E-state index in [2.05, 4.69) is 20.1 Å². The molecule has 0 spiro atoms. The Morgan fingerprint density at radius 3 is 2.43 bits per heavy atom. The average Bonchev–Trinajstić information content (AvgIpc) is 3.11. The van der Waals surface area contributed by atoms with Gasteiger partial charge in [0.2, 0.25) is 11.8 Å². The standard InChI is InChI=1S/C19H21F3N6O2/c1-10-14(20)28-15(24-10)13(27-8-18(2,3)19(21,22)9-27)6-12(26-28)11-7-23-17(30-5)25-16(11)29-4/h6-7H,8-9H2,1-5H3. The van der Waals surface area contributed by atoms with Crippen LogP contribution in [0.2, 0.25) is 0 Å². The smallest absolute Gasteiger partial charge is 0.319 e. The summed E-state index contributed by atoms with van der Waals surface area (Å²) in [5.41, 5.74) is -0.0253.